The molecule has 1 heterocycles. The van der Waals surface area contributed by atoms with Crippen LogP contribution >= 0.6 is 0 Å². The summed E-state index contributed by atoms with van der Waals surface area (Å²) in [6.45, 7) is 3.28. The summed E-state index contributed by atoms with van der Waals surface area (Å²) in [5.74, 6) is -0.591. The van der Waals surface area contributed by atoms with Crippen LogP contribution in [0.5, 0.6) is 5.75 Å². The number of rotatable bonds is 7. The summed E-state index contributed by atoms with van der Waals surface area (Å²) < 4.78 is 11.7. The number of amides is 3. The molecule has 0 saturated carbocycles. The van der Waals surface area contributed by atoms with Crippen molar-refractivity contribution in [2.75, 3.05) is 19.0 Å². The maximum absolute atomic E-state index is 11.8. The highest BCUT2D eigenvalue weighted by Crippen LogP contribution is 2.15. The largest absolute Gasteiger partial charge is 0.497 e. The van der Waals surface area contributed by atoms with Gasteiger partial charge in [0.15, 0.2) is 6.61 Å². The van der Waals surface area contributed by atoms with E-state index in [2.05, 4.69) is 15.7 Å². The van der Waals surface area contributed by atoms with Gasteiger partial charge in [-0.25, -0.2) is 4.79 Å². The third-order valence-electron chi connectivity index (χ3n) is 4.20. The summed E-state index contributed by atoms with van der Waals surface area (Å²) in [7, 11) is 3.37. The number of carbonyl (C=O) groups excluding carboxylic acids is 3. The van der Waals surface area contributed by atoms with E-state index in [9.17, 15) is 14.4 Å². The van der Waals surface area contributed by atoms with Gasteiger partial charge in [-0.05, 0) is 50.1 Å². The molecule has 0 aliphatic carbocycles. The zero-order chi connectivity index (χ0) is 20.7. The fourth-order valence-electron chi connectivity index (χ4n) is 2.62. The first kappa shape index (κ1) is 20.9. The molecule has 2 N–H and O–H groups in total. The molecule has 0 radical (unpaired) electrons. The third-order valence-corrected chi connectivity index (χ3v) is 4.20. The Balaban J connectivity index is 1.72. The SMILES string of the molecule is COc1ccc(NC(=O)NC(=O)COC(=O)CCc2c(C)nn(C)c2C)cc1. The number of methoxy groups -OCH3 is 1. The van der Waals surface area contributed by atoms with Crippen LogP contribution in [-0.4, -0.2) is 41.4 Å². The highest BCUT2D eigenvalue weighted by atomic mass is 16.5. The zero-order valence-electron chi connectivity index (χ0n) is 16.4. The van der Waals surface area contributed by atoms with E-state index in [1.807, 2.05) is 20.9 Å². The number of urea groups is 1. The first-order valence-electron chi connectivity index (χ1n) is 8.69. The Morgan fingerprint density at radius 2 is 1.82 bits per heavy atom. The maximum atomic E-state index is 11.8. The molecule has 3 amide bonds. The highest BCUT2D eigenvalue weighted by Gasteiger charge is 2.14. The molecule has 0 fully saturated rings. The van der Waals surface area contributed by atoms with Gasteiger partial charge in [0.1, 0.15) is 5.75 Å². The fourth-order valence-corrected chi connectivity index (χ4v) is 2.62. The number of carbonyl (C=O) groups is 3. The number of imide groups is 1. The second-order valence-electron chi connectivity index (χ2n) is 6.16. The molecular weight excluding hydrogens is 364 g/mol. The summed E-state index contributed by atoms with van der Waals surface area (Å²) in [4.78, 5) is 35.4. The number of esters is 1. The molecule has 9 nitrogen and oxygen atoms in total. The van der Waals surface area contributed by atoms with Gasteiger partial charge >= 0.3 is 12.0 Å². The minimum absolute atomic E-state index is 0.124. The van der Waals surface area contributed by atoms with E-state index in [1.165, 1.54) is 7.11 Å². The van der Waals surface area contributed by atoms with E-state index in [0.717, 1.165) is 17.0 Å². The van der Waals surface area contributed by atoms with Gasteiger partial charge < -0.3 is 14.8 Å². The van der Waals surface area contributed by atoms with Crippen molar-refractivity contribution >= 4 is 23.6 Å². The summed E-state index contributed by atoms with van der Waals surface area (Å²) in [5, 5.41) is 8.88. The standard InChI is InChI=1S/C19H24N4O5/c1-12-16(13(2)23(3)22-12)9-10-18(25)28-11-17(24)21-19(26)20-14-5-7-15(27-4)8-6-14/h5-8H,9-11H2,1-4H3,(H2,20,21,24,26). The van der Waals surface area contributed by atoms with Crippen molar-refractivity contribution in [2.45, 2.75) is 26.7 Å². The Morgan fingerprint density at radius 1 is 1.14 bits per heavy atom. The molecule has 0 unspecified atom stereocenters. The Bertz CT molecular complexity index is 858. The summed E-state index contributed by atoms with van der Waals surface area (Å²) in [6, 6.07) is 5.89. The lowest BCUT2D eigenvalue weighted by molar-refractivity contribution is -0.148. The molecule has 0 spiro atoms. The summed E-state index contributed by atoms with van der Waals surface area (Å²) in [6.07, 6.45) is 0.600. The molecule has 2 aromatic rings. The van der Waals surface area contributed by atoms with Gasteiger partial charge in [-0.3, -0.25) is 19.6 Å². The second kappa shape index (κ2) is 9.54. The molecule has 28 heavy (non-hydrogen) atoms. The molecule has 0 saturated heterocycles. The molecule has 0 aliphatic heterocycles. The molecule has 0 bridgehead atoms. The smallest absolute Gasteiger partial charge is 0.325 e. The Labute approximate surface area is 163 Å². The molecule has 0 aliphatic rings. The maximum Gasteiger partial charge on any atom is 0.325 e. The number of hydrogen-bond acceptors (Lipinski definition) is 6. The van der Waals surface area contributed by atoms with Crippen LogP contribution in [0.1, 0.15) is 23.4 Å². The minimum atomic E-state index is -0.715. The fraction of sp³-hybridized carbons (Fsp3) is 0.368. The van der Waals surface area contributed by atoms with Gasteiger partial charge in [-0.2, -0.15) is 5.10 Å². The van der Waals surface area contributed by atoms with Crippen LogP contribution in [0, 0.1) is 13.8 Å². The molecule has 1 aromatic carbocycles. The van der Waals surface area contributed by atoms with Crippen molar-refractivity contribution in [3.05, 3.63) is 41.2 Å². The van der Waals surface area contributed by atoms with Gasteiger partial charge in [-0.1, -0.05) is 0 Å². The molecule has 1 aromatic heterocycles. The highest BCUT2D eigenvalue weighted by molar-refractivity contribution is 6.01. The number of aryl methyl sites for hydroxylation is 2. The van der Waals surface area contributed by atoms with E-state index < -0.39 is 24.5 Å². The second-order valence-corrected chi connectivity index (χ2v) is 6.16. The van der Waals surface area contributed by atoms with Crippen molar-refractivity contribution in [3.8, 4) is 5.75 Å². The Hall–Kier alpha value is -3.36. The lowest BCUT2D eigenvalue weighted by atomic mass is 10.1. The normalized spacial score (nSPS) is 10.3. The molecule has 0 atom stereocenters. The average Bonchev–Trinajstić information content (AvgIpc) is 2.90. The van der Waals surface area contributed by atoms with Gasteiger partial charge in [0.2, 0.25) is 0 Å². The Morgan fingerprint density at radius 3 is 2.39 bits per heavy atom. The summed E-state index contributed by atoms with van der Waals surface area (Å²) in [5.41, 5.74) is 3.33. The first-order valence-corrected chi connectivity index (χ1v) is 8.69. The molecule has 150 valence electrons. The van der Waals surface area contributed by atoms with E-state index in [-0.39, 0.29) is 6.42 Å². The van der Waals surface area contributed by atoms with Gasteiger partial charge in [0, 0.05) is 24.8 Å². The van der Waals surface area contributed by atoms with Gasteiger partial charge in [0.25, 0.3) is 5.91 Å². The minimum Gasteiger partial charge on any atom is -0.497 e. The number of anilines is 1. The number of aromatic nitrogens is 2. The number of hydrogen-bond donors (Lipinski definition) is 2. The van der Waals surface area contributed by atoms with Crippen LogP contribution in [0.2, 0.25) is 0 Å². The number of benzene rings is 1. The lowest BCUT2D eigenvalue weighted by Crippen LogP contribution is -2.37. The van der Waals surface area contributed by atoms with Crippen LogP contribution in [0.4, 0.5) is 10.5 Å². The van der Waals surface area contributed by atoms with Crippen LogP contribution in [0.3, 0.4) is 0 Å². The van der Waals surface area contributed by atoms with Crippen LogP contribution in [0.15, 0.2) is 24.3 Å². The van der Waals surface area contributed by atoms with Crippen molar-refractivity contribution in [1.82, 2.24) is 15.1 Å². The summed E-state index contributed by atoms with van der Waals surface area (Å²) >= 11 is 0. The number of ether oxygens (including phenoxy) is 2. The van der Waals surface area contributed by atoms with Crippen LogP contribution in [-0.2, 0) is 27.8 Å². The molecule has 9 heteroatoms. The zero-order valence-corrected chi connectivity index (χ0v) is 16.4. The number of nitrogens with zero attached hydrogens (tertiary/aromatic N) is 2. The van der Waals surface area contributed by atoms with Crippen molar-refractivity contribution in [3.63, 3.8) is 0 Å². The molecular formula is C19H24N4O5. The van der Waals surface area contributed by atoms with Gasteiger partial charge in [0.05, 0.1) is 12.8 Å². The van der Waals surface area contributed by atoms with E-state index in [4.69, 9.17) is 9.47 Å². The van der Waals surface area contributed by atoms with E-state index in [0.29, 0.717) is 17.9 Å². The predicted octanol–water partition coefficient (Wildman–Crippen LogP) is 1.87. The van der Waals surface area contributed by atoms with Crippen molar-refractivity contribution in [2.24, 2.45) is 7.05 Å². The van der Waals surface area contributed by atoms with Crippen LogP contribution < -0.4 is 15.4 Å². The van der Waals surface area contributed by atoms with Crippen molar-refractivity contribution < 1.29 is 23.9 Å². The average molecular weight is 388 g/mol. The van der Waals surface area contributed by atoms with E-state index in [1.54, 1.807) is 28.9 Å². The topological polar surface area (TPSA) is 112 Å². The first-order chi connectivity index (χ1) is 13.3. The molecule has 2 rings (SSSR count). The van der Waals surface area contributed by atoms with Gasteiger partial charge in [-0.15, -0.1) is 0 Å². The quantitative estimate of drug-likeness (QED) is 0.701. The van der Waals surface area contributed by atoms with E-state index >= 15 is 0 Å². The predicted molar refractivity (Wildman–Crippen MR) is 102 cm³/mol. The van der Waals surface area contributed by atoms with Crippen molar-refractivity contribution in [1.29, 1.82) is 0 Å². The monoisotopic (exact) mass is 388 g/mol. The Kier molecular flexibility index (Phi) is 7.14. The number of nitrogens with one attached hydrogen (secondary N) is 2. The van der Waals surface area contributed by atoms with Crippen LogP contribution in [0.25, 0.3) is 0 Å². The third kappa shape index (κ3) is 5.83. The lowest BCUT2D eigenvalue weighted by Gasteiger charge is -2.08.